The molecular weight excluding hydrogens is 196 g/mol. The minimum Gasteiger partial charge on any atom is -0.367 e. The number of amidine groups is 1. The third kappa shape index (κ3) is 2.63. The summed E-state index contributed by atoms with van der Waals surface area (Å²) in [6.45, 7) is 5.36. The third-order valence-electron chi connectivity index (χ3n) is 3.16. The van der Waals surface area contributed by atoms with Crippen molar-refractivity contribution in [1.82, 2.24) is 5.32 Å². The summed E-state index contributed by atoms with van der Waals surface area (Å²) in [4.78, 5) is 4.53. The van der Waals surface area contributed by atoms with E-state index < -0.39 is 0 Å². The molecule has 86 valence electrons. The van der Waals surface area contributed by atoms with Gasteiger partial charge in [-0.05, 0) is 37.8 Å². The first kappa shape index (κ1) is 11.2. The topological polar surface area (TPSA) is 24.4 Å². The van der Waals surface area contributed by atoms with Gasteiger partial charge in [-0.15, -0.1) is 0 Å². The first-order valence-corrected chi connectivity index (χ1v) is 6.13. The molecule has 1 aromatic rings. The van der Waals surface area contributed by atoms with Gasteiger partial charge in [0.25, 0.3) is 0 Å². The summed E-state index contributed by atoms with van der Waals surface area (Å²) in [6, 6.07) is 8.90. The first-order chi connectivity index (χ1) is 7.77. The van der Waals surface area contributed by atoms with E-state index in [1.54, 1.807) is 0 Å². The van der Waals surface area contributed by atoms with Gasteiger partial charge in [0.2, 0.25) is 0 Å². The molecule has 0 aliphatic carbocycles. The Bertz CT molecular complexity index is 382. The van der Waals surface area contributed by atoms with Gasteiger partial charge in [0.1, 0.15) is 0 Å². The Morgan fingerprint density at radius 3 is 2.75 bits per heavy atom. The maximum atomic E-state index is 4.53. The van der Waals surface area contributed by atoms with Crippen molar-refractivity contribution in [2.75, 3.05) is 6.54 Å². The molecule has 1 atom stereocenters. The summed E-state index contributed by atoms with van der Waals surface area (Å²) >= 11 is 0. The van der Waals surface area contributed by atoms with Gasteiger partial charge >= 0.3 is 0 Å². The second-order valence-corrected chi connectivity index (χ2v) is 4.51. The highest BCUT2D eigenvalue weighted by Gasteiger charge is 2.11. The fourth-order valence-corrected chi connectivity index (χ4v) is 2.22. The van der Waals surface area contributed by atoms with Gasteiger partial charge in [-0.3, -0.25) is 4.99 Å². The van der Waals surface area contributed by atoms with Crippen molar-refractivity contribution in [3.05, 3.63) is 35.4 Å². The van der Waals surface area contributed by atoms with Crippen LogP contribution in [-0.2, 0) is 0 Å². The molecule has 16 heavy (non-hydrogen) atoms. The normalized spacial score (nSPS) is 17.8. The number of hydrogen-bond donors (Lipinski definition) is 1. The first-order valence-electron chi connectivity index (χ1n) is 6.13. The van der Waals surface area contributed by atoms with E-state index in [0.29, 0.717) is 6.04 Å². The summed E-state index contributed by atoms with van der Waals surface area (Å²) < 4.78 is 0. The predicted octanol–water partition coefficient (Wildman–Crippen LogP) is 3.23. The molecule has 1 aliphatic rings. The molecule has 0 aromatic heterocycles. The molecule has 0 amide bonds. The number of aliphatic imine (C=N–C) groups is 1. The quantitative estimate of drug-likeness (QED) is 0.806. The molecule has 0 saturated carbocycles. The van der Waals surface area contributed by atoms with Gasteiger partial charge in [0.15, 0.2) is 0 Å². The summed E-state index contributed by atoms with van der Waals surface area (Å²) in [6.07, 6.45) is 3.62. The average Bonchev–Trinajstić information content (AvgIpc) is 2.31. The molecule has 1 unspecified atom stereocenters. The van der Waals surface area contributed by atoms with Crippen LogP contribution >= 0.6 is 0 Å². The van der Waals surface area contributed by atoms with E-state index in [-0.39, 0.29) is 0 Å². The zero-order valence-corrected chi connectivity index (χ0v) is 10.2. The SMILES string of the molecule is Cc1ccccc1C(C)NC1=NCCCC1. The standard InChI is InChI=1S/C14H20N2/c1-11-7-3-4-8-13(11)12(2)16-14-9-5-6-10-15-14/h3-4,7-8,12H,5-6,9-10H2,1-2H3,(H,15,16). The molecule has 1 heterocycles. The highest BCUT2D eigenvalue weighted by atomic mass is 15.0. The molecule has 2 rings (SSSR count). The van der Waals surface area contributed by atoms with Crippen LogP contribution < -0.4 is 5.32 Å². The minimum absolute atomic E-state index is 0.359. The van der Waals surface area contributed by atoms with Crippen molar-refractivity contribution in [2.45, 2.75) is 39.2 Å². The molecular formula is C14H20N2. The minimum atomic E-state index is 0.359. The lowest BCUT2D eigenvalue weighted by molar-refractivity contribution is 0.654. The number of benzene rings is 1. The van der Waals surface area contributed by atoms with Crippen molar-refractivity contribution >= 4 is 5.84 Å². The van der Waals surface area contributed by atoms with Crippen molar-refractivity contribution in [2.24, 2.45) is 4.99 Å². The zero-order chi connectivity index (χ0) is 11.4. The van der Waals surface area contributed by atoms with Gasteiger partial charge in [0.05, 0.1) is 5.84 Å². The largest absolute Gasteiger partial charge is 0.367 e. The summed E-state index contributed by atoms with van der Waals surface area (Å²) in [5.41, 5.74) is 2.72. The van der Waals surface area contributed by atoms with Gasteiger partial charge in [-0.2, -0.15) is 0 Å². The smallest absolute Gasteiger partial charge is 0.0967 e. The lowest BCUT2D eigenvalue weighted by Gasteiger charge is -2.21. The van der Waals surface area contributed by atoms with Crippen LogP contribution in [0.3, 0.4) is 0 Å². The third-order valence-corrected chi connectivity index (χ3v) is 3.16. The lowest BCUT2D eigenvalue weighted by atomic mass is 10.0. The Balaban J connectivity index is 2.05. The fourth-order valence-electron chi connectivity index (χ4n) is 2.22. The Morgan fingerprint density at radius 2 is 2.06 bits per heavy atom. The van der Waals surface area contributed by atoms with Gasteiger partial charge < -0.3 is 5.32 Å². The van der Waals surface area contributed by atoms with Crippen molar-refractivity contribution in [3.63, 3.8) is 0 Å². The zero-order valence-electron chi connectivity index (χ0n) is 10.2. The van der Waals surface area contributed by atoms with Crippen molar-refractivity contribution in [3.8, 4) is 0 Å². The monoisotopic (exact) mass is 216 g/mol. The van der Waals surface area contributed by atoms with Crippen molar-refractivity contribution < 1.29 is 0 Å². The molecule has 0 radical (unpaired) electrons. The molecule has 2 nitrogen and oxygen atoms in total. The Hall–Kier alpha value is -1.31. The van der Waals surface area contributed by atoms with E-state index in [1.807, 2.05) is 0 Å². The average molecular weight is 216 g/mol. The van der Waals surface area contributed by atoms with Gasteiger partial charge in [-0.25, -0.2) is 0 Å². The number of nitrogens with one attached hydrogen (secondary N) is 1. The van der Waals surface area contributed by atoms with Crippen LogP contribution in [0.15, 0.2) is 29.3 Å². The maximum Gasteiger partial charge on any atom is 0.0967 e. The molecule has 0 fully saturated rings. The maximum absolute atomic E-state index is 4.53. The van der Waals surface area contributed by atoms with E-state index in [0.717, 1.165) is 13.0 Å². The van der Waals surface area contributed by atoms with Crippen LogP contribution in [0, 0.1) is 6.92 Å². The van der Waals surface area contributed by atoms with Crippen LogP contribution in [0.5, 0.6) is 0 Å². The molecule has 0 saturated heterocycles. The molecule has 0 bridgehead atoms. The van der Waals surface area contributed by atoms with Gasteiger partial charge in [-0.1, -0.05) is 24.3 Å². The highest BCUT2D eigenvalue weighted by Crippen LogP contribution is 2.17. The van der Waals surface area contributed by atoms with E-state index in [4.69, 9.17) is 0 Å². The van der Waals surface area contributed by atoms with Crippen LogP contribution in [0.4, 0.5) is 0 Å². The molecule has 0 spiro atoms. The van der Waals surface area contributed by atoms with Crippen LogP contribution in [0.1, 0.15) is 43.4 Å². The number of aryl methyl sites for hydroxylation is 1. The molecule has 1 N–H and O–H groups in total. The number of rotatable bonds is 2. The summed E-state index contributed by atoms with van der Waals surface area (Å²) in [5, 5.41) is 3.53. The highest BCUT2D eigenvalue weighted by molar-refractivity contribution is 5.83. The number of hydrogen-bond acceptors (Lipinski definition) is 2. The predicted molar refractivity (Wildman–Crippen MR) is 68.9 cm³/mol. The lowest BCUT2D eigenvalue weighted by Crippen LogP contribution is -2.28. The molecule has 1 aromatic carbocycles. The summed E-state index contributed by atoms with van der Waals surface area (Å²) in [7, 11) is 0. The van der Waals surface area contributed by atoms with E-state index in [2.05, 4.69) is 48.4 Å². The van der Waals surface area contributed by atoms with Crippen LogP contribution in [0.25, 0.3) is 0 Å². The Labute approximate surface area is 97.8 Å². The Kier molecular flexibility index (Phi) is 3.60. The Morgan fingerprint density at radius 1 is 1.25 bits per heavy atom. The van der Waals surface area contributed by atoms with Crippen LogP contribution in [0.2, 0.25) is 0 Å². The second-order valence-electron chi connectivity index (χ2n) is 4.51. The van der Waals surface area contributed by atoms with E-state index in [1.165, 1.54) is 29.8 Å². The van der Waals surface area contributed by atoms with Gasteiger partial charge in [0, 0.05) is 19.0 Å². The van der Waals surface area contributed by atoms with Crippen LogP contribution in [-0.4, -0.2) is 12.4 Å². The fraction of sp³-hybridized carbons (Fsp3) is 0.500. The molecule has 1 aliphatic heterocycles. The van der Waals surface area contributed by atoms with Crippen molar-refractivity contribution in [1.29, 1.82) is 0 Å². The summed E-state index contributed by atoms with van der Waals surface area (Å²) in [5.74, 6) is 1.18. The molecule has 2 heteroatoms. The number of nitrogens with zero attached hydrogens (tertiary/aromatic N) is 1. The van der Waals surface area contributed by atoms with E-state index >= 15 is 0 Å². The van der Waals surface area contributed by atoms with E-state index in [9.17, 15) is 0 Å². The second kappa shape index (κ2) is 5.15.